The molecule has 0 radical (unpaired) electrons. The van der Waals surface area contributed by atoms with E-state index in [2.05, 4.69) is 21.2 Å². The third kappa shape index (κ3) is 3.87. The molecule has 82 valence electrons. The van der Waals surface area contributed by atoms with Crippen molar-refractivity contribution in [2.24, 2.45) is 0 Å². The molecule has 0 aliphatic rings. The maximum Gasteiger partial charge on any atom is 0.257 e. The van der Waals surface area contributed by atoms with Crippen LogP contribution in [0.25, 0.3) is 0 Å². The normalized spacial score (nSPS) is 9.80. The first kappa shape index (κ1) is 12.0. The van der Waals surface area contributed by atoms with E-state index < -0.39 is 5.82 Å². The second-order valence-electron chi connectivity index (χ2n) is 2.82. The summed E-state index contributed by atoms with van der Waals surface area (Å²) in [6.45, 7) is 2.16. The standard InChI is InChI=1S/C10H11BrFNO2/c1-2-13-10(14)6-15-9-4-3-7(11)5-8(9)12/h3-5H,2,6H2,1H3,(H,13,14). The van der Waals surface area contributed by atoms with Crippen LogP contribution in [0.15, 0.2) is 22.7 Å². The maximum absolute atomic E-state index is 13.2. The first-order valence-electron chi connectivity index (χ1n) is 4.48. The Morgan fingerprint density at radius 2 is 2.33 bits per heavy atom. The molecule has 0 atom stereocenters. The zero-order chi connectivity index (χ0) is 11.3. The molecule has 0 fully saturated rings. The van der Waals surface area contributed by atoms with Crippen LogP contribution in [-0.2, 0) is 4.79 Å². The van der Waals surface area contributed by atoms with Crippen LogP contribution in [0, 0.1) is 5.82 Å². The van der Waals surface area contributed by atoms with Crippen LogP contribution >= 0.6 is 15.9 Å². The highest BCUT2D eigenvalue weighted by atomic mass is 79.9. The van der Waals surface area contributed by atoms with Crippen molar-refractivity contribution < 1.29 is 13.9 Å². The Morgan fingerprint density at radius 3 is 2.93 bits per heavy atom. The van der Waals surface area contributed by atoms with Gasteiger partial charge < -0.3 is 10.1 Å². The largest absolute Gasteiger partial charge is 0.481 e. The topological polar surface area (TPSA) is 38.3 Å². The Labute approximate surface area is 95.7 Å². The van der Waals surface area contributed by atoms with Crippen molar-refractivity contribution in [1.82, 2.24) is 5.32 Å². The molecule has 1 aromatic carbocycles. The molecule has 5 heteroatoms. The van der Waals surface area contributed by atoms with Gasteiger partial charge in [-0.25, -0.2) is 4.39 Å². The van der Waals surface area contributed by atoms with Crippen molar-refractivity contribution in [3.05, 3.63) is 28.5 Å². The molecule has 0 aliphatic carbocycles. The van der Waals surface area contributed by atoms with Gasteiger partial charge in [-0.1, -0.05) is 15.9 Å². The van der Waals surface area contributed by atoms with Gasteiger partial charge in [0, 0.05) is 11.0 Å². The fourth-order valence-electron chi connectivity index (χ4n) is 0.984. The molecule has 0 aromatic heterocycles. The third-order valence-electron chi connectivity index (χ3n) is 1.63. The van der Waals surface area contributed by atoms with Gasteiger partial charge >= 0.3 is 0 Å². The fourth-order valence-corrected chi connectivity index (χ4v) is 1.32. The minimum atomic E-state index is -0.492. The highest BCUT2D eigenvalue weighted by molar-refractivity contribution is 9.10. The number of hydrogen-bond acceptors (Lipinski definition) is 2. The van der Waals surface area contributed by atoms with E-state index in [0.29, 0.717) is 11.0 Å². The predicted molar refractivity (Wildman–Crippen MR) is 58.3 cm³/mol. The van der Waals surface area contributed by atoms with Gasteiger partial charge in [0.2, 0.25) is 0 Å². The minimum absolute atomic E-state index is 0.0736. The van der Waals surface area contributed by atoms with E-state index in [-0.39, 0.29) is 18.3 Å². The van der Waals surface area contributed by atoms with Crippen molar-refractivity contribution >= 4 is 21.8 Å². The molecule has 1 amide bonds. The Morgan fingerprint density at radius 1 is 1.60 bits per heavy atom. The van der Waals surface area contributed by atoms with Crippen molar-refractivity contribution in [3.8, 4) is 5.75 Å². The van der Waals surface area contributed by atoms with E-state index >= 15 is 0 Å². The lowest BCUT2D eigenvalue weighted by Gasteiger charge is -2.06. The molecule has 0 spiro atoms. The summed E-state index contributed by atoms with van der Waals surface area (Å²) in [6, 6.07) is 4.40. The zero-order valence-electron chi connectivity index (χ0n) is 8.22. The molecule has 1 rings (SSSR count). The first-order valence-corrected chi connectivity index (χ1v) is 5.27. The third-order valence-corrected chi connectivity index (χ3v) is 2.12. The van der Waals surface area contributed by atoms with Gasteiger partial charge in [0.15, 0.2) is 18.2 Å². The number of nitrogens with one attached hydrogen (secondary N) is 1. The van der Waals surface area contributed by atoms with Crippen molar-refractivity contribution in [2.45, 2.75) is 6.92 Å². The van der Waals surface area contributed by atoms with Gasteiger partial charge in [-0.05, 0) is 25.1 Å². The molecule has 0 saturated carbocycles. The molecule has 0 saturated heterocycles. The molecule has 3 nitrogen and oxygen atoms in total. The molecular formula is C10H11BrFNO2. The van der Waals surface area contributed by atoms with Gasteiger partial charge in [0.05, 0.1) is 0 Å². The number of halogens is 2. The number of benzene rings is 1. The van der Waals surface area contributed by atoms with Crippen LogP contribution in [0.5, 0.6) is 5.75 Å². The second-order valence-corrected chi connectivity index (χ2v) is 3.73. The molecule has 1 aromatic rings. The number of rotatable bonds is 4. The van der Waals surface area contributed by atoms with Crippen LogP contribution in [-0.4, -0.2) is 19.1 Å². The smallest absolute Gasteiger partial charge is 0.257 e. The molecule has 0 heterocycles. The summed E-state index contributed by atoms with van der Waals surface area (Å²) in [5.74, 6) is -0.682. The van der Waals surface area contributed by atoms with Gasteiger partial charge in [-0.15, -0.1) is 0 Å². The molecular weight excluding hydrogens is 265 g/mol. The van der Waals surface area contributed by atoms with Crippen molar-refractivity contribution in [1.29, 1.82) is 0 Å². The zero-order valence-corrected chi connectivity index (χ0v) is 9.80. The fraction of sp³-hybridized carbons (Fsp3) is 0.300. The van der Waals surface area contributed by atoms with E-state index in [1.165, 1.54) is 12.1 Å². The van der Waals surface area contributed by atoms with Crippen LogP contribution in [0.2, 0.25) is 0 Å². The average Bonchev–Trinajstić information content (AvgIpc) is 2.17. The number of likely N-dealkylation sites (N-methyl/N-ethyl adjacent to an activating group) is 1. The van der Waals surface area contributed by atoms with Crippen molar-refractivity contribution in [2.75, 3.05) is 13.2 Å². The average molecular weight is 276 g/mol. The quantitative estimate of drug-likeness (QED) is 0.914. The van der Waals surface area contributed by atoms with E-state index in [1.54, 1.807) is 13.0 Å². The van der Waals surface area contributed by atoms with E-state index in [1.807, 2.05) is 0 Å². The molecule has 15 heavy (non-hydrogen) atoms. The van der Waals surface area contributed by atoms with Crippen LogP contribution in [0.3, 0.4) is 0 Å². The summed E-state index contributed by atoms with van der Waals surface area (Å²) in [7, 11) is 0. The van der Waals surface area contributed by atoms with Crippen molar-refractivity contribution in [3.63, 3.8) is 0 Å². The Bertz CT molecular complexity index is 357. The van der Waals surface area contributed by atoms with Crippen LogP contribution < -0.4 is 10.1 Å². The number of ether oxygens (including phenoxy) is 1. The Hall–Kier alpha value is -1.10. The van der Waals surface area contributed by atoms with E-state index in [9.17, 15) is 9.18 Å². The van der Waals surface area contributed by atoms with E-state index in [0.717, 1.165) is 0 Å². The summed E-state index contributed by atoms with van der Waals surface area (Å²) < 4.78 is 18.8. The number of carbonyl (C=O) groups excluding carboxylic acids is 1. The lowest BCUT2D eigenvalue weighted by atomic mass is 10.3. The number of carbonyl (C=O) groups is 1. The highest BCUT2D eigenvalue weighted by Gasteiger charge is 2.06. The summed E-state index contributed by atoms with van der Waals surface area (Å²) in [5, 5.41) is 2.55. The molecule has 1 N–H and O–H groups in total. The van der Waals surface area contributed by atoms with Gasteiger partial charge in [-0.2, -0.15) is 0 Å². The Balaban J connectivity index is 2.54. The summed E-state index contributed by atoms with van der Waals surface area (Å²) >= 11 is 3.13. The number of hydrogen-bond donors (Lipinski definition) is 1. The second kappa shape index (κ2) is 5.70. The van der Waals surface area contributed by atoms with Gasteiger partial charge in [0.25, 0.3) is 5.91 Å². The summed E-state index contributed by atoms with van der Waals surface area (Å²) in [4.78, 5) is 11.0. The molecule has 0 unspecified atom stereocenters. The lowest BCUT2D eigenvalue weighted by molar-refractivity contribution is -0.123. The van der Waals surface area contributed by atoms with E-state index in [4.69, 9.17) is 4.74 Å². The maximum atomic E-state index is 13.2. The lowest BCUT2D eigenvalue weighted by Crippen LogP contribution is -2.28. The van der Waals surface area contributed by atoms with Gasteiger partial charge in [0.1, 0.15) is 0 Å². The van der Waals surface area contributed by atoms with Gasteiger partial charge in [-0.3, -0.25) is 4.79 Å². The first-order chi connectivity index (χ1) is 7.13. The Kier molecular flexibility index (Phi) is 4.55. The number of amides is 1. The van der Waals surface area contributed by atoms with Crippen LogP contribution in [0.4, 0.5) is 4.39 Å². The molecule has 0 bridgehead atoms. The summed E-state index contributed by atoms with van der Waals surface area (Å²) in [6.07, 6.45) is 0. The minimum Gasteiger partial charge on any atom is -0.481 e. The highest BCUT2D eigenvalue weighted by Crippen LogP contribution is 2.21. The predicted octanol–water partition coefficient (Wildman–Crippen LogP) is 2.10. The monoisotopic (exact) mass is 275 g/mol. The molecule has 0 aliphatic heterocycles. The van der Waals surface area contributed by atoms with Crippen LogP contribution in [0.1, 0.15) is 6.92 Å². The summed E-state index contributed by atoms with van der Waals surface area (Å²) in [5.41, 5.74) is 0. The SMILES string of the molecule is CCNC(=O)COc1ccc(Br)cc1F.